The standard InChI is InChI=1S/C16H12ClFO2/c17-14-8-3-6-13(16(14)18)11-20-15-9-2-1-5-12(15)7-4-10-19/h1-3,5-6,8-9,19H,10-11H2. The molecule has 0 aliphatic rings. The molecular formula is C16H12ClFO2. The molecule has 0 amide bonds. The van der Waals surface area contributed by atoms with Crippen LogP contribution in [0.15, 0.2) is 42.5 Å². The normalized spacial score (nSPS) is 9.75. The van der Waals surface area contributed by atoms with E-state index in [0.717, 1.165) is 0 Å². The average Bonchev–Trinajstić information content (AvgIpc) is 2.47. The number of hydrogen-bond acceptors (Lipinski definition) is 2. The van der Waals surface area contributed by atoms with Gasteiger partial charge in [-0.3, -0.25) is 0 Å². The summed E-state index contributed by atoms with van der Waals surface area (Å²) in [6.45, 7) is -0.165. The van der Waals surface area contributed by atoms with Gasteiger partial charge in [-0.05, 0) is 18.2 Å². The van der Waals surface area contributed by atoms with Crippen LogP contribution in [0.5, 0.6) is 5.75 Å². The maximum absolute atomic E-state index is 13.7. The Morgan fingerprint density at radius 3 is 2.75 bits per heavy atom. The van der Waals surface area contributed by atoms with Crippen LogP contribution < -0.4 is 4.74 Å². The van der Waals surface area contributed by atoms with E-state index < -0.39 is 5.82 Å². The largest absolute Gasteiger partial charge is 0.487 e. The number of aliphatic hydroxyl groups is 1. The molecule has 20 heavy (non-hydrogen) atoms. The van der Waals surface area contributed by atoms with Gasteiger partial charge in [-0.1, -0.05) is 47.7 Å². The van der Waals surface area contributed by atoms with E-state index in [4.69, 9.17) is 21.4 Å². The third-order valence-corrected chi connectivity index (χ3v) is 2.90. The van der Waals surface area contributed by atoms with Crippen LogP contribution in [0.2, 0.25) is 5.02 Å². The summed E-state index contributed by atoms with van der Waals surface area (Å²) in [7, 11) is 0. The van der Waals surface area contributed by atoms with Gasteiger partial charge in [-0.2, -0.15) is 0 Å². The minimum atomic E-state index is -0.479. The van der Waals surface area contributed by atoms with Crippen molar-refractivity contribution in [3.05, 3.63) is 64.4 Å². The van der Waals surface area contributed by atoms with E-state index in [0.29, 0.717) is 16.9 Å². The number of para-hydroxylation sites is 1. The zero-order valence-corrected chi connectivity index (χ0v) is 11.3. The van der Waals surface area contributed by atoms with Gasteiger partial charge >= 0.3 is 0 Å². The predicted molar refractivity (Wildman–Crippen MR) is 76.1 cm³/mol. The first kappa shape index (κ1) is 14.4. The van der Waals surface area contributed by atoms with Gasteiger partial charge in [0.1, 0.15) is 24.8 Å². The fraction of sp³-hybridized carbons (Fsp3) is 0.125. The van der Waals surface area contributed by atoms with Crippen molar-refractivity contribution in [3.8, 4) is 17.6 Å². The maximum Gasteiger partial charge on any atom is 0.148 e. The second-order valence-corrected chi connectivity index (χ2v) is 4.36. The zero-order chi connectivity index (χ0) is 14.4. The smallest absolute Gasteiger partial charge is 0.148 e. The molecule has 0 aliphatic heterocycles. The van der Waals surface area contributed by atoms with Crippen molar-refractivity contribution in [2.24, 2.45) is 0 Å². The molecule has 0 atom stereocenters. The number of benzene rings is 2. The Morgan fingerprint density at radius 1 is 1.15 bits per heavy atom. The van der Waals surface area contributed by atoms with Crippen LogP contribution in [0.4, 0.5) is 4.39 Å². The van der Waals surface area contributed by atoms with Crippen LogP contribution in [-0.4, -0.2) is 11.7 Å². The molecule has 0 aliphatic carbocycles. The Balaban J connectivity index is 2.17. The van der Waals surface area contributed by atoms with Crippen LogP contribution in [-0.2, 0) is 6.61 Å². The molecule has 0 heterocycles. The molecule has 0 aromatic heterocycles. The number of ether oxygens (including phenoxy) is 1. The second-order valence-electron chi connectivity index (χ2n) is 3.96. The van der Waals surface area contributed by atoms with Gasteiger partial charge in [0.15, 0.2) is 0 Å². The van der Waals surface area contributed by atoms with Crippen LogP contribution in [0.25, 0.3) is 0 Å². The molecule has 0 radical (unpaired) electrons. The first-order chi connectivity index (χ1) is 9.72. The Hall–Kier alpha value is -2.02. The van der Waals surface area contributed by atoms with E-state index in [1.54, 1.807) is 30.3 Å². The summed E-state index contributed by atoms with van der Waals surface area (Å²) >= 11 is 5.71. The van der Waals surface area contributed by atoms with E-state index in [1.807, 2.05) is 6.07 Å². The van der Waals surface area contributed by atoms with Crippen molar-refractivity contribution < 1.29 is 14.2 Å². The molecule has 0 saturated carbocycles. The van der Waals surface area contributed by atoms with Gasteiger partial charge in [0.05, 0.1) is 10.6 Å². The lowest BCUT2D eigenvalue weighted by Crippen LogP contribution is -2.00. The van der Waals surface area contributed by atoms with Crippen molar-refractivity contribution in [3.63, 3.8) is 0 Å². The Bertz CT molecular complexity index is 659. The zero-order valence-electron chi connectivity index (χ0n) is 10.6. The molecule has 2 aromatic carbocycles. The van der Waals surface area contributed by atoms with E-state index in [2.05, 4.69) is 11.8 Å². The van der Waals surface area contributed by atoms with Crippen molar-refractivity contribution in [1.82, 2.24) is 0 Å². The van der Waals surface area contributed by atoms with Crippen molar-refractivity contribution in [2.75, 3.05) is 6.61 Å². The van der Waals surface area contributed by atoms with Crippen LogP contribution in [0.1, 0.15) is 11.1 Å². The summed E-state index contributed by atoms with van der Waals surface area (Å²) in [5, 5.41) is 8.78. The predicted octanol–water partition coefficient (Wildman–Crippen LogP) is 3.40. The van der Waals surface area contributed by atoms with Gasteiger partial charge in [0.2, 0.25) is 0 Å². The van der Waals surface area contributed by atoms with Crippen LogP contribution in [0, 0.1) is 17.7 Å². The quantitative estimate of drug-likeness (QED) is 0.878. The molecule has 4 heteroatoms. The van der Waals surface area contributed by atoms with Crippen molar-refractivity contribution >= 4 is 11.6 Å². The number of hydrogen-bond donors (Lipinski definition) is 1. The fourth-order valence-electron chi connectivity index (χ4n) is 1.65. The SMILES string of the molecule is OCC#Cc1ccccc1OCc1cccc(Cl)c1F. The van der Waals surface area contributed by atoms with Gasteiger partial charge < -0.3 is 9.84 Å². The van der Waals surface area contributed by atoms with E-state index in [-0.39, 0.29) is 18.2 Å². The molecule has 0 unspecified atom stereocenters. The third kappa shape index (κ3) is 3.51. The first-order valence-electron chi connectivity index (χ1n) is 5.97. The van der Waals surface area contributed by atoms with E-state index in [9.17, 15) is 4.39 Å². The lowest BCUT2D eigenvalue weighted by atomic mass is 10.2. The highest BCUT2D eigenvalue weighted by Crippen LogP contribution is 2.22. The lowest BCUT2D eigenvalue weighted by Gasteiger charge is -2.09. The molecule has 0 saturated heterocycles. The van der Waals surface area contributed by atoms with Crippen molar-refractivity contribution in [1.29, 1.82) is 0 Å². The second kappa shape index (κ2) is 6.95. The minimum Gasteiger partial charge on any atom is -0.487 e. The number of halogens is 2. The summed E-state index contributed by atoms with van der Waals surface area (Å²) in [6, 6.07) is 11.9. The molecule has 102 valence electrons. The molecule has 2 nitrogen and oxygen atoms in total. The van der Waals surface area contributed by atoms with Crippen LogP contribution >= 0.6 is 11.6 Å². The van der Waals surface area contributed by atoms with Gasteiger partial charge in [0.25, 0.3) is 0 Å². The topological polar surface area (TPSA) is 29.5 Å². The van der Waals surface area contributed by atoms with Gasteiger partial charge in [0, 0.05) is 5.56 Å². The Labute approximate surface area is 121 Å². The van der Waals surface area contributed by atoms with Crippen molar-refractivity contribution in [2.45, 2.75) is 6.61 Å². The summed E-state index contributed by atoms with van der Waals surface area (Å²) in [4.78, 5) is 0. The first-order valence-corrected chi connectivity index (χ1v) is 6.34. The minimum absolute atomic E-state index is 0.0597. The highest BCUT2D eigenvalue weighted by atomic mass is 35.5. The lowest BCUT2D eigenvalue weighted by molar-refractivity contribution is 0.299. The average molecular weight is 291 g/mol. The number of rotatable bonds is 3. The molecule has 0 bridgehead atoms. The summed E-state index contributed by atoms with van der Waals surface area (Å²) < 4.78 is 19.3. The molecule has 2 rings (SSSR count). The molecular weight excluding hydrogens is 279 g/mol. The van der Waals surface area contributed by atoms with Gasteiger partial charge in [-0.15, -0.1) is 0 Å². The van der Waals surface area contributed by atoms with E-state index >= 15 is 0 Å². The Kier molecular flexibility index (Phi) is 5.00. The highest BCUT2D eigenvalue weighted by molar-refractivity contribution is 6.30. The monoisotopic (exact) mass is 290 g/mol. The molecule has 0 fully saturated rings. The summed E-state index contributed by atoms with van der Waals surface area (Å²) in [5.74, 6) is 5.39. The fourth-order valence-corrected chi connectivity index (χ4v) is 1.84. The summed E-state index contributed by atoms with van der Waals surface area (Å²) in [6.07, 6.45) is 0. The molecule has 1 N–H and O–H groups in total. The van der Waals surface area contributed by atoms with Crippen LogP contribution in [0.3, 0.4) is 0 Å². The maximum atomic E-state index is 13.7. The third-order valence-electron chi connectivity index (χ3n) is 2.60. The Morgan fingerprint density at radius 2 is 1.95 bits per heavy atom. The van der Waals surface area contributed by atoms with E-state index in [1.165, 1.54) is 6.07 Å². The molecule has 0 spiro atoms. The number of aliphatic hydroxyl groups excluding tert-OH is 1. The van der Waals surface area contributed by atoms with Gasteiger partial charge in [-0.25, -0.2) is 4.39 Å². The molecule has 2 aromatic rings. The highest BCUT2D eigenvalue weighted by Gasteiger charge is 2.07. The summed E-state index contributed by atoms with van der Waals surface area (Å²) in [5.41, 5.74) is 1.02.